The third kappa shape index (κ3) is 4.30. The van der Waals surface area contributed by atoms with Crippen LogP contribution in [0.5, 0.6) is 11.5 Å². The van der Waals surface area contributed by atoms with Gasteiger partial charge in [-0.2, -0.15) is 11.8 Å². The molecule has 96 valence electrons. The first kappa shape index (κ1) is 14.5. The molecule has 0 aromatic heterocycles. The molecule has 0 amide bonds. The molecule has 0 fully saturated rings. The summed E-state index contributed by atoms with van der Waals surface area (Å²) < 4.78 is 10.4. The monoisotopic (exact) mass is 275 g/mol. The zero-order valence-electron chi connectivity index (χ0n) is 10.4. The second-order valence-electron chi connectivity index (χ2n) is 3.48. The summed E-state index contributed by atoms with van der Waals surface area (Å²) in [6.45, 7) is 1.76. The fourth-order valence-electron chi connectivity index (χ4n) is 1.48. The zero-order chi connectivity index (χ0) is 12.7. The van der Waals surface area contributed by atoms with E-state index in [9.17, 15) is 0 Å². The summed E-state index contributed by atoms with van der Waals surface area (Å²) in [7, 11) is 3.19. The number of hydrogen-bond donors (Lipinski definition) is 1. The predicted octanol–water partition coefficient (Wildman–Crippen LogP) is 2.81. The van der Waals surface area contributed by atoms with Crippen LogP contribution in [0, 0.1) is 0 Å². The van der Waals surface area contributed by atoms with Gasteiger partial charge in [0.25, 0.3) is 0 Å². The van der Waals surface area contributed by atoms with E-state index < -0.39 is 0 Å². The van der Waals surface area contributed by atoms with Gasteiger partial charge in [-0.05, 0) is 24.0 Å². The van der Waals surface area contributed by atoms with Crippen molar-refractivity contribution in [2.24, 2.45) is 0 Å². The Morgan fingerprint density at radius 2 is 2.06 bits per heavy atom. The minimum atomic E-state index is 0.577. The third-order valence-electron chi connectivity index (χ3n) is 2.31. The summed E-state index contributed by atoms with van der Waals surface area (Å²) in [5.74, 6) is 2.35. The maximum absolute atomic E-state index is 6.12. The molecule has 1 N–H and O–H groups in total. The number of halogens is 1. The first-order valence-corrected chi connectivity index (χ1v) is 7.10. The fraction of sp³-hybridized carbons (Fsp3) is 0.500. The van der Waals surface area contributed by atoms with E-state index in [2.05, 4.69) is 11.6 Å². The maximum Gasteiger partial charge on any atom is 0.179 e. The number of methoxy groups -OCH3 is 2. The smallest absolute Gasteiger partial charge is 0.179 e. The lowest BCUT2D eigenvalue weighted by Crippen LogP contribution is -2.16. The summed E-state index contributed by atoms with van der Waals surface area (Å²) in [4.78, 5) is 0. The van der Waals surface area contributed by atoms with Crippen molar-refractivity contribution in [2.75, 3.05) is 32.8 Å². The SMILES string of the molecule is COc1cc(CNCCSC)cc(Cl)c1OC. The van der Waals surface area contributed by atoms with Gasteiger partial charge in [0.2, 0.25) is 0 Å². The van der Waals surface area contributed by atoms with Crippen molar-refractivity contribution in [3.05, 3.63) is 22.7 Å². The van der Waals surface area contributed by atoms with Gasteiger partial charge in [0.05, 0.1) is 19.2 Å². The predicted molar refractivity (Wildman–Crippen MR) is 74.6 cm³/mol. The lowest BCUT2D eigenvalue weighted by molar-refractivity contribution is 0.354. The molecular weight excluding hydrogens is 258 g/mol. The maximum atomic E-state index is 6.12. The summed E-state index contributed by atoms with van der Waals surface area (Å²) >= 11 is 7.94. The van der Waals surface area contributed by atoms with Crippen LogP contribution < -0.4 is 14.8 Å². The molecule has 0 aliphatic carbocycles. The van der Waals surface area contributed by atoms with Crippen LogP contribution in [0.25, 0.3) is 0 Å². The topological polar surface area (TPSA) is 30.5 Å². The number of hydrogen-bond acceptors (Lipinski definition) is 4. The van der Waals surface area contributed by atoms with Crippen LogP contribution in [0.3, 0.4) is 0 Å². The number of benzene rings is 1. The van der Waals surface area contributed by atoms with Crippen LogP contribution in [0.1, 0.15) is 5.56 Å². The van der Waals surface area contributed by atoms with E-state index in [1.807, 2.05) is 23.9 Å². The summed E-state index contributed by atoms with van der Waals surface area (Å²) in [5.41, 5.74) is 1.09. The Hall–Kier alpha value is -0.580. The van der Waals surface area contributed by atoms with Gasteiger partial charge in [-0.3, -0.25) is 0 Å². The Bertz CT molecular complexity index is 361. The van der Waals surface area contributed by atoms with Crippen molar-refractivity contribution in [1.29, 1.82) is 0 Å². The Balaban J connectivity index is 2.70. The van der Waals surface area contributed by atoms with Crippen molar-refractivity contribution in [1.82, 2.24) is 5.32 Å². The third-order valence-corrected chi connectivity index (χ3v) is 3.20. The highest BCUT2D eigenvalue weighted by molar-refractivity contribution is 7.98. The molecule has 0 bridgehead atoms. The summed E-state index contributed by atoms with van der Waals surface area (Å²) in [6.07, 6.45) is 2.09. The fourth-order valence-corrected chi connectivity index (χ4v) is 2.14. The highest BCUT2D eigenvalue weighted by atomic mass is 35.5. The van der Waals surface area contributed by atoms with Crippen LogP contribution in [0.4, 0.5) is 0 Å². The lowest BCUT2D eigenvalue weighted by atomic mass is 10.2. The Kier molecular flexibility index (Phi) is 6.55. The van der Waals surface area contributed by atoms with Crippen molar-refractivity contribution >= 4 is 23.4 Å². The van der Waals surface area contributed by atoms with E-state index in [1.54, 1.807) is 14.2 Å². The number of rotatable bonds is 7. The first-order valence-electron chi connectivity index (χ1n) is 5.33. The van der Waals surface area contributed by atoms with Crippen molar-refractivity contribution in [2.45, 2.75) is 6.54 Å². The van der Waals surface area contributed by atoms with E-state index in [-0.39, 0.29) is 0 Å². The van der Waals surface area contributed by atoms with Crippen LogP contribution in [-0.2, 0) is 6.54 Å². The van der Waals surface area contributed by atoms with Crippen LogP contribution >= 0.6 is 23.4 Å². The number of thioether (sulfide) groups is 1. The largest absolute Gasteiger partial charge is 0.493 e. The average Bonchev–Trinajstić information content (AvgIpc) is 2.34. The average molecular weight is 276 g/mol. The van der Waals surface area contributed by atoms with Crippen LogP contribution in [0.2, 0.25) is 5.02 Å². The van der Waals surface area contributed by atoms with Gasteiger partial charge >= 0.3 is 0 Å². The van der Waals surface area contributed by atoms with Crippen LogP contribution in [-0.4, -0.2) is 32.8 Å². The Morgan fingerprint density at radius 1 is 1.29 bits per heavy atom. The van der Waals surface area contributed by atoms with Crippen LogP contribution in [0.15, 0.2) is 12.1 Å². The molecule has 1 rings (SSSR count). The van der Waals surface area contributed by atoms with Gasteiger partial charge in [-0.15, -0.1) is 0 Å². The van der Waals surface area contributed by atoms with Gasteiger partial charge in [0.15, 0.2) is 11.5 Å². The lowest BCUT2D eigenvalue weighted by Gasteiger charge is -2.12. The molecule has 1 aromatic carbocycles. The second-order valence-corrected chi connectivity index (χ2v) is 4.88. The number of ether oxygens (including phenoxy) is 2. The van der Waals surface area contributed by atoms with Crippen molar-refractivity contribution in [3.63, 3.8) is 0 Å². The van der Waals surface area contributed by atoms with Gasteiger partial charge in [0, 0.05) is 18.8 Å². The molecule has 5 heteroatoms. The quantitative estimate of drug-likeness (QED) is 0.775. The molecule has 0 aliphatic heterocycles. The molecule has 3 nitrogen and oxygen atoms in total. The van der Waals surface area contributed by atoms with Crippen molar-refractivity contribution < 1.29 is 9.47 Å². The molecule has 0 saturated carbocycles. The summed E-state index contributed by atoms with van der Waals surface area (Å²) in [6, 6.07) is 3.84. The molecule has 17 heavy (non-hydrogen) atoms. The first-order chi connectivity index (χ1) is 8.22. The molecule has 1 aromatic rings. The van der Waals surface area contributed by atoms with Gasteiger partial charge in [-0.25, -0.2) is 0 Å². The standard InChI is InChI=1S/C12H18ClNO2S/c1-15-11-7-9(8-14-4-5-17-3)6-10(13)12(11)16-2/h6-7,14H,4-5,8H2,1-3H3. The minimum Gasteiger partial charge on any atom is -0.493 e. The van der Waals surface area contributed by atoms with E-state index in [1.165, 1.54) is 0 Å². The minimum absolute atomic E-state index is 0.577. The van der Waals surface area contributed by atoms with E-state index in [0.717, 1.165) is 24.4 Å². The zero-order valence-corrected chi connectivity index (χ0v) is 12.0. The number of nitrogens with one attached hydrogen (secondary N) is 1. The normalized spacial score (nSPS) is 10.4. The van der Waals surface area contributed by atoms with Gasteiger partial charge < -0.3 is 14.8 Å². The van der Waals surface area contributed by atoms with Crippen molar-refractivity contribution in [3.8, 4) is 11.5 Å². The van der Waals surface area contributed by atoms with Gasteiger partial charge in [0.1, 0.15) is 0 Å². The Morgan fingerprint density at radius 3 is 2.65 bits per heavy atom. The van der Waals surface area contributed by atoms with E-state index in [4.69, 9.17) is 21.1 Å². The molecule has 0 atom stereocenters. The summed E-state index contributed by atoms with van der Waals surface area (Å²) in [5, 5.41) is 3.92. The van der Waals surface area contributed by atoms with Gasteiger partial charge in [-0.1, -0.05) is 11.6 Å². The van der Waals surface area contributed by atoms with E-state index >= 15 is 0 Å². The molecule has 0 saturated heterocycles. The molecule has 0 radical (unpaired) electrons. The molecular formula is C12H18ClNO2S. The highest BCUT2D eigenvalue weighted by Crippen LogP contribution is 2.35. The Labute approximate surface area is 112 Å². The second kappa shape index (κ2) is 7.69. The highest BCUT2D eigenvalue weighted by Gasteiger charge is 2.10. The molecule has 0 unspecified atom stereocenters. The van der Waals surface area contributed by atoms with E-state index in [0.29, 0.717) is 16.5 Å². The molecule has 0 spiro atoms. The molecule has 0 aliphatic rings. The molecule has 0 heterocycles.